The van der Waals surface area contributed by atoms with Gasteiger partial charge >= 0.3 is 15.6 Å². The molecule has 1 unspecified atom stereocenters. The van der Waals surface area contributed by atoms with Gasteiger partial charge in [-0.2, -0.15) is 21.6 Å². The highest BCUT2D eigenvalue weighted by molar-refractivity contribution is 14.1. The summed E-state index contributed by atoms with van der Waals surface area (Å²) < 4.78 is 59.3. The van der Waals surface area contributed by atoms with Crippen molar-refractivity contribution in [2.24, 2.45) is 0 Å². The number of hydrogen-bond donors (Lipinski definition) is 0. The highest BCUT2D eigenvalue weighted by Gasteiger charge is 2.48. The Morgan fingerprint density at radius 2 is 1.93 bits per heavy atom. The minimum atomic E-state index is -5.43. The molecular weight excluding hydrogens is 336 g/mol. The molecule has 0 aromatic rings. The monoisotopic (exact) mass is 346 g/mol. The van der Waals surface area contributed by atoms with Crippen LogP contribution in [0.3, 0.4) is 0 Å². The maximum Gasteiger partial charge on any atom is 0.523 e. The van der Waals surface area contributed by atoms with Crippen LogP contribution in [0.25, 0.3) is 0 Å². The molecule has 86 valence electrons. The summed E-state index contributed by atoms with van der Waals surface area (Å²) in [5, 5.41) is 0. The lowest BCUT2D eigenvalue weighted by molar-refractivity contribution is -0.0547. The summed E-state index contributed by atoms with van der Waals surface area (Å²) >= 11 is 1.53. The van der Waals surface area contributed by atoms with Gasteiger partial charge < -0.3 is 0 Å². The van der Waals surface area contributed by atoms with Gasteiger partial charge in [-0.25, -0.2) is 4.18 Å². The van der Waals surface area contributed by atoms with Gasteiger partial charge in [-0.3, -0.25) is 0 Å². The fraction of sp³-hybridized carbons (Fsp3) is 1.00. The summed E-state index contributed by atoms with van der Waals surface area (Å²) in [6, 6.07) is 0. The van der Waals surface area contributed by atoms with Gasteiger partial charge in [0.25, 0.3) is 0 Å². The number of halogens is 4. The molecule has 0 saturated heterocycles. The molecule has 0 aliphatic carbocycles. The van der Waals surface area contributed by atoms with Crippen LogP contribution in [-0.2, 0) is 14.3 Å². The van der Waals surface area contributed by atoms with E-state index in [0.717, 1.165) is 6.42 Å². The molecule has 8 heteroatoms. The first-order valence-corrected chi connectivity index (χ1v) is 6.49. The molecule has 0 rings (SSSR count). The van der Waals surface area contributed by atoms with Crippen LogP contribution >= 0.6 is 22.6 Å². The Bertz CT molecular complexity index is 262. The zero-order valence-electron chi connectivity index (χ0n) is 7.34. The van der Waals surface area contributed by atoms with E-state index in [1.807, 2.05) is 6.92 Å². The molecule has 0 N–H and O–H groups in total. The molecule has 0 fully saturated rings. The third-order valence-corrected chi connectivity index (χ3v) is 3.57. The molecule has 0 aliphatic rings. The Morgan fingerprint density at radius 1 is 1.43 bits per heavy atom. The van der Waals surface area contributed by atoms with Crippen LogP contribution < -0.4 is 0 Å². The van der Waals surface area contributed by atoms with E-state index in [4.69, 9.17) is 0 Å². The predicted octanol–water partition coefficient (Wildman–Crippen LogP) is 2.80. The molecule has 1 atom stereocenters. The highest BCUT2D eigenvalue weighted by atomic mass is 127. The van der Waals surface area contributed by atoms with Crippen LogP contribution in [0.1, 0.15) is 26.2 Å². The van der Waals surface area contributed by atoms with E-state index in [1.54, 1.807) is 0 Å². The summed E-state index contributed by atoms with van der Waals surface area (Å²) in [5.74, 6) is 0. The molecule has 3 nitrogen and oxygen atoms in total. The van der Waals surface area contributed by atoms with Crippen LogP contribution in [0.4, 0.5) is 13.2 Å². The van der Waals surface area contributed by atoms with Gasteiger partial charge in [-0.1, -0.05) is 19.8 Å². The standard InChI is InChI=1S/C6H10F3IO3S/c1-2-3-4-5(10)13-14(11,12)6(7,8)9/h5H,2-4H2,1H3. The summed E-state index contributed by atoms with van der Waals surface area (Å²) in [4.78, 5) is 0. The Morgan fingerprint density at radius 3 is 2.29 bits per heavy atom. The molecular formula is C6H10F3IO3S. The SMILES string of the molecule is CCCCC(I)OS(=O)(=O)C(F)(F)F. The average molecular weight is 346 g/mol. The maximum absolute atomic E-state index is 11.8. The van der Waals surface area contributed by atoms with Crippen molar-refractivity contribution < 1.29 is 25.8 Å². The lowest BCUT2D eigenvalue weighted by atomic mass is 10.3. The summed E-state index contributed by atoms with van der Waals surface area (Å²) in [7, 11) is -5.43. The van der Waals surface area contributed by atoms with Crippen molar-refractivity contribution in [3.8, 4) is 0 Å². The zero-order chi connectivity index (χ0) is 11.4. The molecule has 0 amide bonds. The van der Waals surface area contributed by atoms with E-state index in [-0.39, 0.29) is 6.42 Å². The number of rotatable bonds is 5. The highest BCUT2D eigenvalue weighted by Crippen LogP contribution is 2.28. The molecule has 14 heavy (non-hydrogen) atoms. The molecule has 0 heterocycles. The number of unbranched alkanes of at least 4 members (excludes halogenated alkanes) is 1. The molecule has 0 radical (unpaired) electrons. The van der Waals surface area contributed by atoms with Crippen molar-refractivity contribution in [1.82, 2.24) is 0 Å². The van der Waals surface area contributed by atoms with E-state index < -0.39 is 19.7 Å². The van der Waals surface area contributed by atoms with Crippen molar-refractivity contribution >= 4 is 32.7 Å². The molecule has 0 aromatic heterocycles. The maximum atomic E-state index is 11.8. The topological polar surface area (TPSA) is 43.4 Å². The first-order valence-electron chi connectivity index (χ1n) is 3.84. The number of alkyl halides is 4. The molecule has 0 aliphatic heterocycles. The second-order valence-corrected chi connectivity index (χ2v) is 5.50. The third-order valence-electron chi connectivity index (χ3n) is 1.30. The lowest BCUT2D eigenvalue weighted by Crippen LogP contribution is -2.28. The van der Waals surface area contributed by atoms with Gasteiger partial charge in [0.2, 0.25) is 0 Å². The third kappa shape index (κ3) is 4.78. The van der Waals surface area contributed by atoms with Gasteiger partial charge in [-0.15, -0.1) is 0 Å². The van der Waals surface area contributed by atoms with Crippen LogP contribution in [0.2, 0.25) is 0 Å². The van der Waals surface area contributed by atoms with E-state index in [9.17, 15) is 21.6 Å². The van der Waals surface area contributed by atoms with Gasteiger partial charge in [0, 0.05) is 0 Å². The van der Waals surface area contributed by atoms with Gasteiger partial charge in [0.1, 0.15) is 4.11 Å². The van der Waals surface area contributed by atoms with Crippen LogP contribution in [0, 0.1) is 0 Å². The van der Waals surface area contributed by atoms with Crippen LogP contribution in [0.15, 0.2) is 0 Å². The molecule has 0 bridgehead atoms. The summed E-state index contributed by atoms with van der Waals surface area (Å²) in [6.45, 7) is 1.85. The summed E-state index contributed by atoms with van der Waals surface area (Å²) in [5.41, 5.74) is -5.33. The van der Waals surface area contributed by atoms with Crippen molar-refractivity contribution in [2.75, 3.05) is 0 Å². The van der Waals surface area contributed by atoms with E-state index in [1.165, 1.54) is 22.6 Å². The van der Waals surface area contributed by atoms with Crippen molar-refractivity contribution in [3.63, 3.8) is 0 Å². The predicted molar refractivity (Wildman–Crippen MR) is 53.4 cm³/mol. The van der Waals surface area contributed by atoms with E-state index >= 15 is 0 Å². The minimum absolute atomic E-state index is 0.284. The Labute approximate surface area is 94.3 Å². The largest absolute Gasteiger partial charge is 0.523 e. The minimum Gasteiger partial charge on any atom is -0.249 e. The first kappa shape index (κ1) is 14.4. The molecule has 0 aromatic carbocycles. The fourth-order valence-corrected chi connectivity index (χ4v) is 2.35. The average Bonchev–Trinajstić information content (AvgIpc) is 1.97. The Kier molecular flexibility index (Phi) is 5.67. The van der Waals surface area contributed by atoms with Crippen LogP contribution in [-0.4, -0.2) is 18.0 Å². The lowest BCUT2D eigenvalue weighted by Gasteiger charge is -2.12. The zero-order valence-corrected chi connectivity index (χ0v) is 10.3. The van der Waals surface area contributed by atoms with E-state index in [0.29, 0.717) is 6.42 Å². The smallest absolute Gasteiger partial charge is 0.249 e. The van der Waals surface area contributed by atoms with E-state index in [2.05, 4.69) is 4.18 Å². The second-order valence-electron chi connectivity index (χ2n) is 2.55. The normalized spacial score (nSPS) is 15.5. The van der Waals surface area contributed by atoms with Crippen LogP contribution in [0.5, 0.6) is 0 Å². The summed E-state index contributed by atoms with van der Waals surface area (Å²) in [6.07, 6.45) is 1.68. The second kappa shape index (κ2) is 5.50. The Balaban J connectivity index is 4.24. The van der Waals surface area contributed by atoms with Crippen molar-refractivity contribution in [2.45, 2.75) is 35.8 Å². The Hall–Kier alpha value is 0.430. The fourth-order valence-electron chi connectivity index (χ4n) is 0.605. The van der Waals surface area contributed by atoms with Gasteiger partial charge in [-0.05, 0) is 29.0 Å². The van der Waals surface area contributed by atoms with Gasteiger partial charge in [0.15, 0.2) is 0 Å². The van der Waals surface area contributed by atoms with Crippen molar-refractivity contribution in [1.29, 1.82) is 0 Å². The van der Waals surface area contributed by atoms with Gasteiger partial charge in [0.05, 0.1) is 0 Å². The molecule has 0 spiro atoms. The quantitative estimate of drug-likeness (QED) is 0.333. The number of hydrogen-bond acceptors (Lipinski definition) is 3. The molecule has 0 saturated carbocycles. The van der Waals surface area contributed by atoms with Crippen molar-refractivity contribution in [3.05, 3.63) is 0 Å². The first-order chi connectivity index (χ1) is 6.20.